The molecule has 2 aliphatic heterocycles. The van der Waals surface area contributed by atoms with Crippen molar-refractivity contribution in [2.24, 2.45) is 0 Å². The summed E-state index contributed by atoms with van der Waals surface area (Å²) in [5, 5.41) is 0. The average molecular weight is 439 g/mol. The molecule has 1 atom stereocenters. The highest BCUT2D eigenvalue weighted by Crippen LogP contribution is 2.33. The number of fused-ring (bicyclic) bond motifs is 1. The van der Waals surface area contributed by atoms with E-state index in [0.29, 0.717) is 38.4 Å². The first kappa shape index (κ1) is 22.2. The molecule has 0 radical (unpaired) electrons. The largest absolute Gasteiger partial charge is 0.497 e. The lowest BCUT2D eigenvalue weighted by molar-refractivity contribution is -0.133. The van der Waals surface area contributed by atoms with Crippen molar-refractivity contribution in [1.29, 1.82) is 0 Å². The summed E-state index contributed by atoms with van der Waals surface area (Å²) in [5.41, 5.74) is 2.76. The number of aryl methyl sites for hydroxylation is 1. The van der Waals surface area contributed by atoms with Gasteiger partial charge in [0, 0.05) is 37.4 Å². The predicted octanol–water partition coefficient (Wildman–Crippen LogP) is 2.63. The van der Waals surface area contributed by atoms with Crippen LogP contribution in [-0.4, -0.2) is 60.6 Å². The number of likely N-dealkylation sites (tertiary alicyclic amines) is 1. The molecule has 2 amide bonds. The lowest BCUT2D eigenvalue weighted by atomic mass is 9.96. The highest BCUT2D eigenvalue weighted by Gasteiger charge is 2.34. The fraction of sp³-hybridized carbons (Fsp3) is 0.500. The zero-order valence-electron chi connectivity index (χ0n) is 19.0. The molecule has 0 N–H and O–H groups in total. The van der Waals surface area contributed by atoms with E-state index < -0.39 is 0 Å². The minimum atomic E-state index is 0.0328. The van der Waals surface area contributed by atoms with Gasteiger partial charge in [0.1, 0.15) is 17.4 Å². The number of aromatic nitrogens is 2. The Morgan fingerprint density at radius 2 is 1.97 bits per heavy atom. The van der Waals surface area contributed by atoms with Crippen LogP contribution in [0.1, 0.15) is 47.8 Å². The van der Waals surface area contributed by atoms with Gasteiger partial charge in [0.25, 0.3) is 0 Å². The molecule has 2 aromatic rings. The van der Waals surface area contributed by atoms with Crippen molar-refractivity contribution < 1.29 is 19.1 Å². The van der Waals surface area contributed by atoms with Crippen LogP contribution in [0, 0.1) is 6.92 Å². The maximum absolute atomic E-state index is 12.8. The van der Waals surface area contributed by atoms with E-state index in [-0.39, 0.29) is 17.7 Å². The fourth-order valence-electron chi connectivity index (χ4n) is 4.42. The second-order valence-electron chi connectivity index (χ2n) is 8.40. The smallest absolute Gasteiger partial charge is 0.233 e. The van der Waals surface area contributed by atoms with Gasteiger partial charge in [-0.2, -0.15) is 0 Å². The molecule has 0 aliphatic carbocycles. The van der Waals surface area contributed by atoms with Gasteiger partial charge in [0.15, 0.2) is 0 Å². The Labute approximate surface area is 188 Å². The number of ether oxygens (including phenoxy) is 2. The third kappa shape index (κ3) is 4.60. The van der Waals surface area contributed by atoms with Crippen LogP contribution < -0.4 is 9.64 Å². The second kappa shape index (κ2) is 9.65. The number of nitrogens with zero attached hydrogens (tertiary/aromatic N) is 4. The molecule has 1 aromatic heterocycles. The van der Waals surface area contributed by atoms with Crippen LogP contribution in [0.4, 0.5) is 5.82 Å². The average Bonchev–Trinajstić information content (AvgIpc) is 3.13. The normalized spacial score (nSPS) is 18.1. The summed E-state index contributed by atoms with van der Waals surface area (Å²) in [6, 6.07) is 7.71. The summed E-state index contributed by atoms with van der Waals surface area (Å²) in [6.07, 6.45) is 2.55. The summed E-state index contributed by atoms with van der Waals surface area (Å²) in [6.45, 7) is 4.19. The van der Waals surface area contributed by atoms with Gasteiger partial charge < -0.3 is 14.4 Å². The van der Waals surface area contributed by atoms with Crippen molar-refractivity contribution in [2.45, 2.75) is 45.1 Å². The molecule has 1 aromatic carbocycles. The highest BCUT2D eigenvalue weighted by atomic mass is 16.5. The number of rotatable bonds is 7. The van der Waals surface area contributed by atoms with Crippen molar-refractivity contribution in [3.8, 4) is 5.75 Å². The van der Waals surface area contributed by atoms with Crippen LogP contribution in [0.25, 0.3) is 0 Å². The van der Waals surface area contributed by atoms with E-state index in [9.17, 15) is 9.59 Å². The first-order chi connectivity index (χ1) is 15.5. The van der Waals surface area contributed by atoms with Crippen molar-refractivity contribution in [1.82, 2.24) is 14.9 Å². The van der Waals surface area contributed by atoms with Crippen molar-refractivity contribution in [3.05, 3.63) is 46.9 Å². The number of hydrogen-bond acceptors (Lipinski definition) is 6. The second-order valence-corrected chi connectivity index (χ2v) is 8.40. The third-order valence-electron chi connectivity index (χ3n) is 6.25. The molecule has 0 spiro atoms. The van der Waals surface area contributed by atoms with Gasteiger partial charge in [-0.05, 0) is 37.5 Å². The number of piperidine rings is 1. The van der Waals surface area contributed by atoms with Gasteiger partial charge >= 0.3 is 0 Å². The van der Waals surface area contributed by atoms with E-state index >= 15 is 0 Å². The van der Waals surface area contributed by atoms with Crippen molar-refractivity contribution in [2.75, 3.05) is 38.8 Å². The van der Waals surface area contributed by atoms with Crippen molar-refractivity contribution >= 4 is 17.6 Å². The van der Waals surface area contributed by atoms with Crippen LogP contribution in [-0.2, 0) is 27.3 Å². The molecule has 0 bridgehead atoms. The quantitative estimate of drug-likeness (QED) is 0.661. The van der Waals surface area contributed by atoms with Crippen LogP contribution in [0.5, 0.6) is 5.75 Å². The van der Waals surface area contributed by atoms with Crippen LogP contribution in [0.15, 0.2) is 24.3 Å². The first-order valence-corrected chi connectivity index (χ1v) is 11.1. The first-order valence-electron chi connectivity index (χ1n) is 11.1. The Balaban J connectivity index is 1.55. The minimum absolute atomic E-state index is 0.0328. The molecule has 170 valence electrons. The van der Waals surface area contributed by atoms with E-state index in [2.05, 4.69) is 0 Å². The van der Waals surface area contributed by atoms with Gasteiger partial charge in [0.2, 0.25) is 11.8 Å². The Morgan fingerprint density at radius 3 is 2.69 bits per heavy atom. The lowest BCUT2D eigenvalue weighted by Gasteiger charge is -2.32. The van der Waals surface area contributed by atoms with Gasteiger partial charge in [-0.15, -0.1) is 0 Å². The van der Waals surface area contributed by atoms with Gasteiger partial charge in [0.05, 0.1) is 33.1 Å². The third-order valence-corrected chi connectivity index (χ3v) is 6.25. The zero-order valence-corrected chi connectivity index (χ0v) is 19.0. The SMILES string of the molecule is COCCC(=O)N1CCC[C@H](c2nc(C)c3c(n2)N(Cc2ccc(OC)cc2)C(=O)C3)C1. The Bertz CT molecular complexity index is 992. The molecular weight excluding hydrogens is 408 g/mol. The molecule has 2 aliphatic rings. The monoisotopic (exact) mass is 438 g/mol. The molecule has 0 unspecified atom stereocenters. The highest BCUT2D eigenvalue weighted by molar-refractivity contribution is 6.00. The molecule has 1 fully saturated rings. The van der Waals surface area contributed by atoms with Gasteiger partial charge in [-0.1, -0.05) is 12.1 Å². The van der Waals surface area contributed by atoms with Crippen LogP contribution in [0.2, 0.25) is 0 Å². The summed E-state index contributed by atoms with van der Waals surface area (Å²) in [4.78, 5) is 38.5. The Morgan fingerprint density at radius 1 is 1.19 bits per heavy atom. The van der Waals surface area contributed by atoms with Gasteiger partial charge in [-0.3, -0.25) is 14.5 Å². The number of methoxy groups -OCH3 is 2. The maximum Gasteiger partial charge on any atom is 0.233 e. The standard InChI is InChI=1S/C24H30N4O4/c1-16-20-13-22(30)28(14-17-6-8-19(32-3)9-7-17)24(20)26-23(25-16)18-5-4-11-27(15-18)21(29)10-12-31-2/h6-9,18H,4-5,10-15H2,1-3H3/t18-/m0/s1. The molecular formula is C24H30N4O4. The van der Waals surface area contributed by atoms with Crippen LogP contribution in [0.3, 0.4) is 0 Å². The van der Waals surface area contributed by atoms with E-state index in [4.69, 9.17) is 19.4 Å². The number of hydrogen-bond donors (Lipinski definition) is 0. The number of amides is 2. The van der Waals surface area contributed by atoms with Gasteiger partial charge in [-0.25, -0.2) is 9.97 Å². The molecule has 4 rings (SSSR count). The fourth-order valence-corrected chi connectivity index (χ4v) is 4.42. The zero-order chi connectivity index (χ0) is 22.7. The molecule has 3 heterocycles. The number of carbonyl (C=O) groups is 2. The molecule has 8 heteroatoms. The summed E-state index contributed by atoms with van der Waals surface area (Å²) < 4.78 is 10.3. The lowest BCUT2D eigenvalue weighted by Crippen LogP contribution is -2.40. The predicted molar refractivity (Wildman–Crippen MR) is 120 cm³/mol. The molecule has 0 saturated carbocycles. The van der Waals surface area contributed by atoms with E-state index in [1.165, 1.54) is 0 Å². The molecule has 8 nitrogen and oxygen atoms in total. The number of carbonyl (C=O) groups excluding carboxylic acids is 2. The maximum atomic E-state index is 12.8. The Hall–Kier alpha value is -3.00. The van der Waals surface area contributed by atoms with Crippen LogP contribution >= 0.6 is 0 Å². The van der Waals surface area contributed by atoms with E-state index in [1.54, 1.807) is 19.1 Å². The summed E-state index contributed by atoms with van der Waals surface area (Å²) in [7, 11) is 3.24. The molecule has 32 heavy (non-hydrogen) atoms. The van der Waals surface area contributed by atoms with Crippen molar-refractivity contribution in [3.63, 3.8) is 0 Å². The topological polar surface area (TPSA) is 84.9 Å². The molecule has 1 saturated heterocycles. The van der Waals surface area contributed by atoms with E-state index in [1.807, 2.05) is 36.1 Å². The summed E-state index contributed by atoms with van der Waals surface area (Å²) >= 11 is 0. The number of anilines is 1. The minimum Gasteiger partial charge on any atom is -0.497 e. The summed E-state index contributed by atoms with van der Waals surface area (Å²) in [5.74, 6) is 2.41. The Kier molecular flexibility index (Phi) is 6.69. The number of benzene rings is 1. The van der Waals surface area contributed by atoms with E-state index in [0.717, 1.165) is 47.8 Å².